The molecular weight excluding hydrogens is 316 g/mol. The van der Waals surface area contributed by atoms with Crippen molar-refractivity contribution in [3.05, 3.63) is 54.1 Å². The second-order valence-electron chi connectivity index (χ2n) is 6.64. The highest BCUT2D eigenvalue weighted by Crippen LogP contribution is 2.23. The van der Waals surface area contributed by atoms with Gasteiger partial charge < -0.3 is 10.1 Å². The number of benzene rings is 1. The summed E-state index contributed by atoms with van der Waals surface area (Å²) in [6, 6.07) is 7.00. The zero-order chi connectivity index (χ0) is 18.4. The van der Waals surface area contributed by atoms with Gasteiger partial charge in [-0.3, -0.25) is 9.48 Å². The molecule has 0 bridgehead atoms. The number of amides is 1. The van der Waals surface area contributed by atoms with Crippen LogP contribution in [0.2, 0.25) is 0 Å². The van der Waals surface area contributed by atoms with Gasteiger partial charge in [0.15, 0.2) is 0 Å². The molecule has 1 amide bonds. The molecule has 0 radical (unpaired) electrons. The molecule has 1 heterocycles. The summed E-state index contributed by atoms with van der Waals surface area (Å²) in [6.45, 7) is 10.3. The third-order valence-corrected chi connectivity index (χ3v) is 3.68. The van der Waals surface area contributed by atoms with Gasteiger partial charge >= 0.3 is 0 Å². The van der Waals surface area contributed by atoms with Gasteiger partial charge in [0, 0.05) is 7.05 Å². The monoisotopic (exact) mass is 342 g/mol. The van der Waals surface area contributed by atoms with Crippen molar-refractivity contribution in [3.63, 3.8) is 0 Å². The number of hydrogen-bond acceptors (Lipinski definition) is 4. The fourth-order valence-electron chi connectivity index (χ4n) is 2.54. The molecule has 134 valence electrons. The van der Waals surface area contributed by atoms with Gasteiger partial charge in [-0.15, -0.1) is 0 Å². The van der Waals surface area contributed by atoms with Crippen molar-refractivity contribution in [3.8, 4) is 5.75 Å². The molecule has 6 nitrogen and oxygen atoms in total. The topological polar surface area (TPSA) is 69.0 Å². The Morgan fingerprint density at radius 3 is 2.68 bits per heavy atom. The largest absolute Gasteiger partial charge is 0.488 e. The first-order chi connectivity index (χ1) is 11.9. The fraction of sp³-hybridized carbons (Fsp3) is 0.421. The van der Waals surface area contributed by atoms with E-state index in [2.05, 4.69) is 35.8 Å². The van der Waals surface area contributed by atoms with Gasteiger partial charge in [-0.2, -0.15) is 5.10 Å². The molecule has 6 heteroatoms. The molecular formula is C19H26N4O2. The van der Waals surface area contributed by atoms with Crippen LogP contribution >= 0.6 is 0 Å². The number of carbonyl (C=O) groups is 1. The van der Waals surface area contributed by atoms with Crippen LogP contribution in [0.25, 0.3) is 0 Å². The summed E-state index contributed by atoms with van der Waals surface area (Å²) in [5.41, 5.74) is 1.40. The van der Waals surface area contributed by atoms with Gasteiger partial charge in [0.05, 0.1) is 11.6 Å². The van der Waals surface area contributed by atoms with Crippen molar-refractivity contribution >= 4 is 5.91 Å². The van der Waals surface area contributed by atoms with Crippen LogP contribution in [-0.4, -0.2) is 27.3 Å². The first-order valence-corrected chi connectivity index (χ1v) is 8.39. The number of rotatable bonds is 8. The van der Waals surface area contributed by atoms with Gasteiger partial charge in [0.1, 0.15) is 24.5 Å². The van der Waals surface area contributed by atoms with Crippen LogP contribution in [0, 0.1) is 5.92 Å². The normalized spacial score (nSPS) is 12.0. The van der Waals surface area contributed by atoms with E-state index in [4.69, 9.17) is 4.74 Å². The van der Waals surface area contributed by atoms with Crippen molar-refractivity contribution in [2.24, 2.45) is 13.0 Å². The minimum atomic E-state index is -0.214. The first kappa shape index (κ1) is 18.7. The van der Waals surface area contributed by atoms with E-state index in [1.54, 1.807) is 16.8 Å². The summed E-state index contributed by atoms with van der Waals surface area (Å²) >= 11 is 0. The Balaban J connectivity index is 2.21. The SMILES string of the molecule is C=C(C)COc1ccccc1C(=O)NC(CC(C)C)c1ncnn1C. The Morgan fingerprint density at radius 2 is 2.08 bits per heavy atom. The molecule has 0 aliphatic carbocycles. The van der Waals surface area contributed by atoms with Gasteiger partial charge in [0.2, 0.25) is 0 Å². The van der Waals surface area contributed by atoms with Crippen molar-refractivity contribution in [1.29, 1.82) is 0 Å². The van der Waals surface area contributed by atoms with Crippen molar-refractivity contribution in [1.82, 2.24) is 20.1 Å². The van der Waals surface area contributed by atoms with E-state index in [1.165, 1.54) is 6.33 Å². The highest BCUT2D eigenvalue weighted by molar-refractivity contribution is 5.97. The molecule has 1 unspecified atom stereocenters. The molecule has 25 heavy (non-hydrogen) atoms. The summed E-state index contributed by atoms with van der Waals surface area (Å²) in [6.07, 6.45) is 2.27. The maximum Gasteiger partial charge on any atom is 0.255 e. The summed E-state index contributed by atoms with van der Waals surface area (Å²) in [7, 11) is 1.83. The molecule has 0 fully saturated rings. The molecule has 1 aromatic carbocycles. The average molecular weight is 342 g/mol. The summed E-state index contributed by atoms with van der Waals surface area (Å²) < 4.78 is 7.39. The van der Waals surface area contributed by atoms with Gasteiger partial charge in [-0.05, 0) is 37.0 Å². The Hall–Kier alpha value is -2.63. The van der Waals surface area contributed by atoms with Crippen molar-refractivity contribution < 1.29 is 9.53 Å². The van der Waals surface area contributed by atoms with Crippen LogP contribution in [0.3, 0.4) is 0 Å². The lowest BCUT2D eigenvalue weighted by Gasteiger charge is -2.20. The lowest BCUT2D eigenvalue weighted by molar-refractivity contribution is 0.0925. The Kier molecular flexibility index (Phi) is 6.33. The van der Waals surface area contributed by atoms with Gasteiger partial charge in [-0.25, -0.2) is 4.98 Å². The lowest BCUT2D eigenvalue weighted by atomic mass is 10.0. The van der Waals surface area contributed by atoms with Crippen LogP contribution in [0.1, 0.15) is 49.4 Å². The molecule has 1 N–H and O–H groups in total. The number of ether oxygens (including phenoxy) is 1. The molecule has 2 rings (SSSR count). The Labute approximate surface area is 148 Å². The molecule has 0 aliphatic rings. The fourth-order valence-corrected chi connectivity index (χ4v) is 2.54. The zero-order valence-electron chi connectivity index (χ0n) is 15.3. The van der Waals surface area contributed by atoms with E-state index in [0.717, 1.165) is 17.8 Å². The van der Waals surface area contributed by atoms with Crippen LogP contribution in [-0.2, 0) is 7.05 Å². The van der Waals surface area contributed by atoms with E-state index >= 15 is 0 Å². The summed E-state index contributed by atoms with van der Waals surface area (Å²) in [5.74, 6) is 1.49. The van der Waals surface area contributed by atoms with E-state index < -0.39 is 0 Å². The highest BCUT2D eigenvalue weighted by Gasteiger charge is 2.22. The van der Waals surface area contributed by atoms with Crippen LogP contribution in [0.4, 0.5) is 0 Å². The smallest absolute Gasteiger partial charge is 0.255 e. The molecule has 0 saturated carbocycles. The number of nitrogens with one attached hydrogen (secondary N) is 1. The number of aromatic nitrogens is 3. The van der Waals surface area contributed by atoms with E-state index in [9.17, 15) is 4.79 Å². The number of hydrogen-bond donors (Lipinski definition) is 1. The minimum Gasteiger partial charge on any atom is -0.488 e. The minimum absolute atomic E-state index is 0.189. The summed E-state index contributed by atoms with van der Waals surface area (Å²) in [4.78, 5) is 17.1. The number of para-hydroxylation sites is 1. The van der Waals surface area contributed by atoms with E-state index in [0.29, 0.717) is 23.8 Å². The first-order valence-electron chi connectivity index (χ1n) is 8.39. The Morgan fingerprint density at radius 1 is 1.36 bits per heavy atom. The predicted octanol–water partition coefficient (Wildman–Crippen LogP) is 3.29. The van der Waals surface area contributed by atoms with Crippen molar-refractivity contribution in [2.75, 3.05) is 6.61 Å². The number of nitrogens with zero attached hydrogens (tertiary/aromatic N) is 3. The molecule has 1 aromatic heterocycles. The standard InChI is InChI=1S/C19H26N4O2/c1-13(2)10-16(18-20-12-21-23(18)5)22-19(24)15-8-6-7-9-17(15)25-11-14(3)4/h6-9,12-13,16H,3,10-11H2,1-2,4-5H3,(H,22,24). The van der Waals surface area contributed by atoms with Gasteiger partial charge in [-0.1, -0.05) is 32.6 Å². The predicted molar refractivity (Wildman–Crippen MR) is 97.4 cm³/mol. The zero-order valence-corrected chi connectivity index (χ0v) is 15.3. The second kappa shape index (κ2) is 8.46. The lowest BCUT2D eigenvalue weighted by Crippen LogP contribution is -2.31. The second-order valence-corrected chi connectivity index (χ2v) is 6.64. The molecule has 2 aromatic rings. The third-order valence-electron chi connectivity index (χ3n) is 3.68. The van der Waals surface area contributed by atoms with Crippen LogP contribution in [0.5, 0.6) is 5.75 Å². The summed E-state index contributed by atoms with van der Waals surface area (Å²) in [5, 5.41) is 7.18. The van der Waals surface area contributed by atoms with Gasteiger partial charge in [0.25, 0.3) is 5.91 Å². The van der Waals surface area contributed by atoms with Crippen molar-refractivity contribution in [2.45, 2.75) is 33.2 Å². The molecule has 0 spiro atoms. The maximum absolute atomic E-state index is 12.8. The molecule has 0 aliphatic heterocycles. The van der Waals surface area contributed by atoms with Crippen LogP contribution in [0.15, 0.2) is 42.7 Å². The third kappa shape index (κ3) is 5.17. The quantitative estimate of drug-likeness (QED) is 0.748. The Bertz CT molecular complexity index is 737. The van der Waals surface area contributed by atoms with E-state index in [1.807, 2.05) is 26.1 Å². The van der Waals surface area contributed by atoms with Crippen LogP contribution < -0.4 is 10.1 Å². The molecule has 0 saturated heterocycles. The van der Waals surface area contributed by atoms with E-state index in [-0.39, 0.29) is 11.9 Å². The molecule has 1 atom stereocenters. The average Bonchev–Trinajstić information content (AvgIpc) is 2.98. The highest BCUT2D eigenvalue weighted by atomic mass is 16.5. The number of carbonyl (C=O) groups excluding carboxylic acids is 1. The number of aryl methyl sites for hydroxylation is 1. The maximum atomic E-state index is 12.8.